The summed E-state index contributed by atoms with van der Waals surface area (Å²) in [4.78, 5) is 11.0. The molecule has 2 atom stereocenters. The standard InChI is InChI=1S/C7H15NO3.ClH/c1-5(10-3)6(8-2)7(9)11-4;/h5-6,8H,1-4H3;1H/t5-,6+;/m1./s1. The molecule has 0 aliphatic heterocycles. The van der Waals surface area contributed by atoms with Gasteiger partial charge in [0, 0.05) is 7.11 Å². The molecule has 4 nitrogen and oxygen atoms in total. The van der Waals surface area contributed by atoms with Gasteiger partial charge < -0.3 is 14.8 Å². The molecule has 74 valence electrons. The van der Waals surface area contributed by atoms with Gasteiger partial charge in [-0.1, -0.05) is 0 Å². The topological polar surface area (TPSA) is 47.6 Å². The molecule has 0 fully saturated rings. The van der Waals surface area contributed by atoms with Crippen LogP contribution in [0.15, 0.2) is 0 Å². The first-order chi connectivity index (χ1) is 5.17. The summed E-state index contributed by atoms with van der Waals surface area (Å²) >= 11 is 0. The van der Waals surface area contributed by atoms with Gasteiger partial charge in [-0.05, 0) is 14.0 Å². The van der Waals surface area contributed by atoms with Crippen LogP contribution in [0.1, 0.15) is 6.92 Å². The van der Waals surface area contributed by atoms with Gasteiger partial charge in [-0.3, -0.25) is 4.79 Å². The molecule has 0 aliphatic rings. The molecule has 0 unspecified atom stereocenters. The van der Waals surface area contributed by atoms with Crippen molar-refractivity contribution in [2.75, 3.05) is 21.3 Å². The molecule has 0 aromatic rings. The minimum atomic E-state index is -0.384. The molecule has 0 spiro atoms. The van der Waals surface area contributed by atoms with Gasteiger partial charge in [-0.15, -0.1) is 12.4 Å². The van der Waals surface area contributed by atoms with Crippen molar-refractivity contribution >= 4 is 18.4 Å². The van der Waals surface area contributed by atoms with Crippen molar-refractivity contribution in [2.45, 2.75) is 19.1 Å². The Morgan fingerprint density at radius 3 is 2.17 bits per heavy atom. The van der Waals surface area contributed by atoms with Crippen LogP contribution >= 0.6 is 12.4 Å². The lowest BCUT2D eigenvalue weighted by Crippen LogP contribution is -2.44. The van der Waals surface area contributed by atoms with Crippen LogP contribution in [-0.4, -0.2) is 39.4 Å². The van der Waals surface area contributed by atoms with E-state index in [1.807, 2.05) is 0 Å². The zero-order valence-corrected chi connectivity index (χ0v) is 8.60. The van der Waals surface area contributed by atoms with E-state index in [0.29, 0.717) is 0 Å². The van der Waals surface area contributed by atoms with Gasteiger partial charge in [0.1, 0.15) is 6.04 Å². The van der Waals surface area contributed by atoms with Gasteiger partial charge in [-0.25, -0.2) is 0 Å². The second-order valence-corrected chi connectivity index (χ2v) is 2.23. The molecule has 5 heteroatoms. The van der Waals surface area contributed by atoms with Crippen LogP contribution in [0, 0.1) is 0 Å². The monoisotopic (exact) mass is 197 g/mol. The van der Waals surface area contributed by atoms with E-state index < -0.39 is 0 Å². The fraction of sp³-hybridized carbons (Fsp3) is 0.857. The third-order valence-corrected chi connectivity index (χ3v) is 1.61. The lowest BCUT2D eigenvalue weighted by Gasteiger charge is -2.19. The van der Waals surface area contributed by atoms with E-state index in [0.717, 1.165) is 0 Å². The summed E-state index contributed by atoms with van der Waals surface area (Å²) in [5, 5.41) is 2.80. The van der Waals surface area contributed by atoms with Gasteiger partial charge >= 0.3 is 5.97 Å². The van der Waals surface area contributed by atoms with Gasteiger partial charge in [0.05, 0.1) is 13.2 Å². The van der Waals surface area contributed by atoms with Crippen molar-refractivity contribution in [3.05, 3.63) is 0 Å². The third-order valence-electron chi connectivity index (χ3n) is 1.61. The smallest absolute Gasteiger partial charge is 0.325 e. The number of halogens is 1. The average Bonchev–Trinajstić information content (AvgIpc) is 2.05. The van der Waals surface area contributed by atoms with E-state index in [1.165, 1.54) is 7.11 Å². The van der Waals surface area contributed by atoms with Crippen LogP contribution in [0.4, 0.5) is 0 Å². The molecule has 0 amide bonds. The number of carbonyl (C=O) groups is 1. The molecular weight excluding hydrogens is 182 g/mol. The number of ether oxygens (including phenoxy) is 2. The van der Waals surface area contributed by atoms with E-state index in [2.05, 4.69) is 10.1 Å². The van der Waals surface area contributed by atoms with E-state index in [4.69, 9.17) is 4.74 Å². The van der Waals surface area contributed by atoms with Crippen LogP contribution in [0.2, 0.25) is 0 Å². The van der Waals surface area contributed by atoms with Crippen molar-refractivity contribution in [2.24, 2.45) is 0 Å². The van der Waals surface area contributed by atoms with Crippen LogP contribution < -0.4 is 5.32 Å². The summed E-state index contributed by atoms with van der Waals surface area (Å²) in [6, 6.07) is -0.384. The molecule has 0 rings (SSSR count). The van der Waals surface area contributed by atoms with Crippen molar-refractivity contribution in [1.29, 1.82) is 0 Å². The lowest BCUT2D eigenvalue weighted by atomic mass is 10.2. The fourth-order valence-electron chi connectivity index (χ4n) is 0.807. The number of hydrogen-bond donors (Lipinski definition) is 1. The summed E-state index contributed by atoms with van der Waals surface area (Å²) in [5.41, 5.74) is 0. The molecular formula is C7H16ClNO3. The number of rotatable bonds is 4. The number of likely N-dealkylation sites (N-methyl/N-ethyl adjacent to an activating group) is 1. The van der Waals surface area contributed by atoms with E-state index in [9.17, 15) is 4.79 Å². The first-order valence-corrected chi connectivity index (χ1v) is 3.45. The number of nitrogens with one attached hydrogen (secondary N) is 1. The Balaban J connectivity index is 0. The van der Waals surface area contributed by atoms with Crippen molar-refractivity contribution in [3.8, 4) is 0 Å². The van der Waals surface area contributed by atoms with Crippen LogP contribution in [0.25, 0.3) is 0 Å². The van der Waals surface area contributed by atoms with Gasteiger partial charge in [0.2, 0.25) is 0 Å². The highest BCUT2D eigenvalue weighted by Gasteiger charge is 2.23. The molecule has 0 heterocycles. The quantitative estimate of drug-likeness (QED) is 0.655. The van der Waals surface area contributed by atoms with E-state index >= 15 is 0 Å². The molecule has 0 radical (unpaired) electrons. The second kappa shape index (κ2) is 7.34. The van der Waals surface area contributed by atoms with Crippen LogP contribution in [0.5, 0.6) is 0 Å². The Hall–Kier alpha value is -0.320. The third kappa shape index (κ3) is 3.90. The normalized spacial score (nSPS) is 14.3. The predicted molar refractivity (Wildman–Crippen MR) is 48.6 cm³/mol. The first-order valence-electron chi connectivity index (χ1n) is 3.45. The Bertz CT molecular complexity index is 132. The fourth-order valence-corrected chi connectivity index (χ4v) is 0.807. The average molecular weight is 198 g/mol. The summed E-state index contributed by atoms with van der Waals surface area (Å²) in [6.45, 7) is 1.80. The van der Waals surface area contributed by atoms with Gasteiger partial charge in [0.15, 0.2) is 0 Å². The Labute approximate surface area is 79.0 Å². The molecule has 0 aliphatic carbocycles. The second-order valence-electron chi connectivity index (χ2n) is 2.23. The highest BCUT2D eigenvalue weighted by Crippen LogP contribution is 1.98. The molecule has 12 heavy (non-hydrogen) atoms. The minimum Gasteiger partial charge on any atom is -0.468 e. The largest absolute Gasteiger partial charge is 0.468 e. The lowest BCUT2D eigenvalue weighted by molar-refractivity contribution is -0.146. The zero-order chi connectivity index (χ0) is 8.85. The summed E-state index contributed by atoms with van der Waals surface area (Å²) < 4.78 is 9.51. The van der Waals surface area contributed by atoms with E-state index in [-0.39, 0.29) is 30.5 Å². The highest BCUT2D eigenvalue weighted by molar-refractivity contribution is 5.85. The first kappa shape index (κ1) is 14.2. The SMILES string of the molecule is CN[C@H](C(=O)OC)[C@@H](C)OC.Cl. The zero-order valence-electron chi connectivity index (χ0n) is 7.79. The number of hydrogen-bond acceptors (Lipinski definition) is 4. The predicted octanol–water partition coefficient (Wildman–Crippen LogP) is 0.204. The Morgan fingerprint density at radius 2 is 1.92 bits per heavy atom. The van der Waals surface area contributed by atoms with Gasteiger partial charge in [0.25, 0.3) is 0 Å². The van der Waals surface area contributed by atoms with Gasteiger partial charge in [-0.2, -0.15) is 0 Å². The molecule has 0 saturated heterocycles. The molecule has 0 saturated carbocycles. The van der Waals surface area contributed by atoms with Crippen molar-refractivity contribution in [3.63, 3.8) is 0 Å². The summed E-state index contributed by atoms with van der Waals surface area (Å²) in [6.07, 6.45) is -0.174. The van der Waals surface area contributed by atoms with Crippen molar-refractivity contribution < 1.29 is 14.3 Å². The maximum Gasteiger partial charge on any atom is 0.325 e. The Morgan fingerprint density at radius 1 is 1.42 bits per heavy atom. The molecule has 0 aromatic carbocycles. The van der Waals surface area contributed by atoms with Crippen LogP contribution in [-0.2, 0) is 14.3 Å². The summed E-state index contributed by atoms with van der Waals surface area (Å²) in [7, 11) is 4.60. The summed E-state index contributed by atoms with van der Waals surface area (Å²) in [5.74, 6) is -0.304. The Kier molecular flexibility index (Phi) is 8.69. The maximum absolute atomic E-state index is 11.0. The molecule has 0 bridgehead atoms. The number of carbonyl (C=O) groups excluding carboxylic acids is 1. The maximum atomic E-state index is 11.0. The molecule has 0 aromatic heterocycles. The minimum absolute atomic E-state index is 0. The number of methoxy groups -OCH3 is 2. The molecule has 1 N–H and O–H groups in total. The number of esters is 1. The van der Waals surface area contributed by atoms with Crippen molar-refractivity contribution in [1.82, 2.24) is 5.32 Å². The van der Waals surface area contributed by atoms with E-state index in [1.54, 1.807) is 21.1 Å². The van der Waals surface area contributed by atoms with Crippen LogP contribution in [0.3, 0.4) is 0 Å². The highest BCUT2D eigenvalue weighted by atomic mass is 35.5.